The van der Waals surface area contributed by atoms with Gasteiger partial charge in [-0.25, -0.2) is 0 Å². The second kappa shape index (κ2) is 6.40. The number of amides is 1. The van der Waals surface area contributed by atoms with Crippen LogP contribution in [0.1, 0.15) is 17.5 Å². The Morgan fingerprint density at radius 1 is 1.19 bits per heavy atom. The second-order valence-corrected chi connectivity index (χ2v) is 6.84. The van der Waals surface area contributed by atoms with E-state index >= 15 is 0 Å². The monoisotopic (exact) mass is 373 g/mol. The van der Waals surface area contributed by atoms with Crippen LogP contribution in [0.25, 0.3) is 22.2 Å². The quantitative estimate of drug-likeness (QED) is 0.688. The maximum Gasteiger partial charge on any atom is 0.416 e. The summed E-state index contributed by atoms with van der Waals surface area (Å²) in [6.07, 6.45) is 0.0735. The third-order valence-corrected chi connectivity index (χ3v) is 4.94. The molecule has 3 aromatic rings. The summed E-state index contributed by atoms with van der Waals surface area (Å²) in [6, 6.07) is 6.99. The number of hydrogen-bond donors (Lipinski definition) is 0. The molecule has 1 amide bonds. The molecule has 4 rings (SSSR count). The molecule has 1 aliphatic rings. The van der Waals surface area contributed by atoms with Crippen molar-refractivity contribution in [2.24, 2.45) is 0 Å². The maximum atomic E-state index is 13.0. The highest BCUT2D eigenvalue weighted by molar-refractivity contribution is 5.86. The molecule has 4 nitrogen and oxygen atoms in total. The van der Waals surface area contributed by atoms with Crippen molar-refractivity contribution >= 4 is 16.9 Å². The first-order chi connectivity index (χ1) is 12.8. The van der Waals surface area contributed by atoms with E-state index in [1.54, 1.807) is 23.2 Å². The Morgan fingerprint density at radius 2 is 1.96 bits per heavy atom. The van der Waals surface area contributed by atoms with Gasteiger partial charge in [-0.2, -0.15) is 13.2 Å². The predicted octanol–water partition coefficient (Wildman–Crippen LogP) is 4.26. The number of halogens is 3. The number of hydrogen-bond acceptors (Lipinski definition) is 2. The fraction of sp³-hybridized carbons (Fsp3) is 0.300. The lowest BCUT2D eigenvalue weighted by molar-refractivity contribution is -0.137. The van der Waals surface area contributed by atoms with E-state index < -0.39 is 11.7 Å². The van der Waals surface area contributed by atoms with Gasteiger partial charge in [0.2, 0.25) is 5.91 Å². The van der Waals surface area contributed by atoms with Crippen molar-refractivity contribution in [1.29, 1.82) is 0 Å². The summed E-state index contributed by atoms with van der Waals surface area (Å²) in [4.78, 5) is 18.5. The van der Waals surface area contributed by atoms with Gasteiger partial charge >= 0.3 is 6.18 Å². The van der Waals surface area contributed by atoms with Crippen LogP contribution in [0.3, 0.4) is 0 Å². The van der Waals surface area contributed by atoms with E-state index in [9.17, 15) is 18.0 Å². The Hall–Kier alpha value is -2.83. The van der Waals surface area contributed by atoms with Crippen molar-refractivity contribution in [1.82, 2.24) is 14.5 Å². The van der Waals surface area contributed by atoms with Crippen LogP contribution in [0, 0.1) is 6.92 Å². The SMILES string of the molecule is Cc1cn(CC(=O)N2CCC2)c2cc(-c3cccc(C(F)(F)F)c3)cnc12. The molecule has 0 bridgehead atoms. The van der Waals surface area contributed by atoms with Crippen molar-refractivity contribution in [3.8, 4) is 11.1 Å². The number of aromatic nitrogens is 2. The summed E-state index contributed by atoms with van der Waals surface area (Å²) in [5, 5.41) is 0. The van der Waals surface area contributed by atoms with E-state index in [1.165, 1.54) is 6.07 Å². The highest BCUT2D eigenvalue weighted by Gasteiger charge is 2.30. The second-order valence-electron chi connectivity index (χ2n) is 6.84. The number of likely N-dealkylation sites (tertiary alicyclic amines) is 1. The van der Waals surface area contributed by atoms with E-state index in [0.717, 1.165) is 48.2 Å². The Bertz CT molecular complexity index is 1020. The van der Waals surface area contributed by atoms with Gasteiger partial charge in [0.1, 0.15) is 6.54 Å². The highest BCUT2D eigenvalue weighted by atomic mass is 19.4. The zero-order chi connectivity index (χ0) is 19.2. The van der Waals surface area contributed by atoms with Crippen LogP contribution in [0.2, 0.25) is 0 Å². The van der Waals surface area contributed by atoms with Crippen molar-refractivity contribution in [2.75, 3.05) is 13.1 Å². The molecule has 1 aliphatic heterocycles. The summed E-state index contributed by atoms with van der Waals surface area (Å²) in [7, 11) is 0. The molecule has 0 aliphatic carbocycles. The normalized spacial score (nSPS) is 14.4. The average molecular weight is 373 g/mol. The largest absolute Gasteiger partial charge is 0.416 e. The minimum absolute atomic E-state index is 0.0441. The van der Waals surface area contributed by atoms with E-state index in [2.05, 4.69) is 4.98 Å². The van der Waals surface area contributed by atoms with Crippen LogP contribution in [-0.2, 0) is 17.5 Å². The molecule has 1 aromatic carbocycles. The first-order valence-electron chi connectivity index (χ1n) is 8.74. The summed E-state index contributed by atoms with van der Waals surface area (Å²) in [5.41, 5.74) is 2.76. The summed E-state index contributed by atoms with van der Waals surface area (Å²) >= 11 is 0. The average Bonchev–Trinajstić information content (AvgIpc) is 2.88. The van der Waals surface area contributed by atoms with E-state index in [1.807, 2.05) is 17.7 Å². The molecule has 0 N–H and O–H groups in total. The van der Waals surface area contributed by atoms with Crippen molar-refractivity contribution in [3.05, 3.63) is 53.9 Å². The molecule has 3 heterocycles. The molecule has 0 saturated carbocycles. The number of pyridine rings is 1. The smallest absolute Gasteiger partial charge is 0.341 e. The number of benzene rings is 1. The lowest BCUT2D eigenvalue weighted by Crippen LogP contribution is -2.43. The van der Waals surface area contributed by atoms with Gasteiger partial charge in [0.05, 0.1) is 16.6 Å². The molecule has 1 fully saturated rings. The fourth-order valence-corrected chi connectivity index (χ4v) is 3.32. The Labute approximate surface area is 154 Å². The summed E-state index contributed by atoms with van der Waals surface area (Å²) in [5.74, 6) is 0.0441. The van der Waals surface area contributed by atoms with Gasteiger partial charge in [-0.15, -0.1) is 0 Å². The highest BCUT2D eigenvalue weighted by Crippen LogP contribution is 2.33. The topological polar surface area (TPSA) is 38.1 Å². The van der Waals surface area contributed by atoms with Gasteiger partial charge in [0.15, 0.2) is 0 Å². The summed E-state index contributed by atoms with van der Waals surface area (Å²) < 4.78 is 40.8. The molecule has 7 heteroatoms. The zero-order valence-electron chi connectivity index (χ0n) is 14.8. The van der Waals surface area contributed by atoms with Gasteiger partial charge in [-0.05, 0) is 42.7 Å². The lowest BCUT2D eigenvalue weighted by atomic mass is 10.0. The Balaban J connectivity index is 1.73. The van der Waals surface area contributed by atoms with Gasteiger partial charge in [0, 0.05) is 31.0 Å². The number of carbonyl (C=O) groups excluding carboxylic acids is 1. The predicted molar refractivity (Wildman–Crippen MR) is 96.1 cm³/mol. The van der Waals surface area contributed by atoms with Crippen LogP contribution in [0.4, 0.5) is 13.2 Å². The van der Waals surface area contributed by atoms with E-state index in [4.69, 9.17) is 0 Å². The maximum absolute atomic E-state index is 13.0. The number of nitrogens with zero attached hydrogens (tertiary/aromatic N) is 3. The third kappa shape index (κ3) is 3.29. The van der Waals surface area contributed by atoms with Crippen molar-refractivity contribution in [2.45, 2.75) is 26.1 Å². The van der Waals surface area contributed by atoms with Gasteiger partial charge in [0.25, 0.3) is 0 Å². The minimum atomic E-state index is -4.39. The molecule has 27 heavy (non-hydrogen) atoms. The first-order valence-corrected chi connectivity index (χ1v) is 8.74. The summed E-state index contributed by atoms with van der Waals surface area (Å²) in [6.45, 7) is 3.68. The number of fused-ring (bicyclic) bond motifs is 1. The van der Waals surface area contributed by atoms with Crippen LogP contribution >= 0.6 is 0 Å². The molecule has 1 saturated heterocycles. The van der Waals surface area contributed by atoms with Gasteiger partial charge in [-0.1, -0.05) is 12.1 Å². The van der Waals surface area contributed by atoms with Gasteiger partial charge in [-0.3, -0.25) is 9.78 Å². The molecule has 0 radical (unpaired) electrons. The first kappa shape index (κ1) is 17.6. The number of aryl methyl sites for hydroxylation is 1. The van der Waals surface area contributed by atoms with Crippen LogP contribution in [-0.4, -0.2) is 33.4 Å². The van der Waals surface area contributed by atoms with E-state index in [-0.39, 0.29) is 12.5 Å². The van der Waals surface area contributed by atoms with Crippen LogP contribution in [0.5, 0.6) is 0 Å². The van der Waals surface area contributed by atoms with Crippen molar-refractivity contribution in [3.63, 3.8) is 0 Å². The molecule has 2 aromatic heterocycles. The minimum Gasteiger partial charge on any atom is -0.341 e. The van der Waals surface area contributed by atoms with Gasteiger partial charge < -0.3 is 9.47 Å². The standard InChI is InChI=1S/C20H18F3N3O/c1-13-11-26(12-18(27)25-6-3-7-25)17-9-15(10-24-19(13)17)14-4-2-5-16(8-14)20(21,22)23/h2,4-5,8-11H,3,6-7,12H2,1H3. The molecule has 0 unspecified atom stereocenters. The zero-order valence-corrected chi connectivity index (χ0v) is 14.8. The van der Waals surface area contributed by atoms with Crippen molar-refractivity contribution < 1.29 is 18.0 Å². The molecule has 0 spiro atoms. The molecular weight excluding hydrogens is 355 g/mol. The Morgan fingerprint density at radius 3 is 2.63 bits per heavy atom. The van der Waals surface area contributed by atoms with Crippen LogP contribution in [0.15, 0.2) is 42.7 Å². The molecular formula is C20H18F3N3O. The molecule has 0 atom stereocenters. The van der Waals surface area contributed by atoms with E-state index in [0.29, 0.717) is 11.1 Å². The number of carbonyl (C=O) groups is 1. The molecule has 140 valence electrons. The number of alkyl halides is 3. The van der Waals surface area contributed by atoms with Crippen LogP contribution < -0.4 is 0 Å². The number of rotatable bonds is 3. The Kier molecular flexibility index (Phi) is 4.17. The third-order valence-electron chi connectivity index (χ3n) is 4.94. The fourth-order valence-electron chi connectivity index (χ4n) is 3.32. The lowest BCUT2D eigenvalue weighted by Gasteiger charge is -2.31.